The summed E-state index contributed by atoms with van der Waals surface area (Å²) < 4.78 is 1.63. The van der Waals surface area contributed by atoms with E-state index in [0.29, 0.717) is 5.69 Å². The molecule has 0 radical (unpaired) electrons. The van der Waals surface area contributed by atoms with Crippen molar-refractivity contribution in [2.24, 2.45) is 5.73 Å². The smallest absolute Gasteiger partial charge is 0.283 e. The molecule has 0 aliphatic carbocycles. The van der Waals surface area contributed by atoms with Crippen LogP contribution in [0, 0.1) is 0 Å². The van der Waals surface area contributed by atoms with Gasteiger partial charge in [0.1, 0.15) is 0 Å². The van der Waals surface area contributed by atoms with Gasteiger partial charge in [-0.25, -0.2) is 0 Å². The van der Waals surface area contributed by atoms with Crippen LogP contribution in [0.4, 0.5) is 5.69 Å². The lowest BCUT2D eigenvalue weighted by Crippen LogP contribution is -3.00. The minimum Gasteiger partial charge on any atom is -1.00 e. The molecule has 15 heavy (non-hydrogen) atoms. The average Bonchev–Trinajstić information content (AvgIpc) is 2.06. The second-order valence-electron chi connectivity index (χ2n) is 2.91. The summed E-state index contributed by atoms with van der Waals surface area (Å²) in [7, 11) is 0. The molecule has 0 saturated carbocycles. The van der Waals surface area contributed by atoms with Crippen LogP contribution in [0.3, 0.4) is 0 Å². The summed E-state index contributed by atoms with van der Waals surface area (Å²) in [6.45, 7) is 1.57. The Morgan fingerprint density at radius 2 is 1.93 bits per heavy atom. The average molecular weight is 321 g/mol. The Hall–Kier alpha value is -1.18. The first-order valence-corrected chi connectivity index (χ1v) is 4.13. The van der Waals surface area contributed by atoms with Crippen molar-refractivity contribution in [2.45, 2.75) is 13.5 Å². The zero-order valence-electron chi connectivity index (χ0n) is 8.24. The maximum Gasteiger partial charge on any atom is 0.283 e. The molecule has 0 bridgehead atoms. The summed E-state index contributed by atoms with van der Waals surface area (Å²) in [6, 6.07) is 3.40. The van der Waals surface area contributed by atoms with Gasteiger partial charge in [-0.3, -0.25) is 9.59 Å². The molecule has 0 spiro atoms. The Morgan fingerprint density at radius 3 is 2.33 bits per heavy atom. The van der Waals surface area contributed by atoms with Gasteiger partial charge < -0.3 is 35.0 Å². The van der Waals surface area contributed by atoms with Crippen molar-refractivity contribution < 1.29 is 38.1 Å². The number of pyridine rings is 1. The van der Waals surface area contributed by atoms with Crippen molar-refractivity contribution in [3.63, 3.8) is 0 Å². The van der Waals surface area contributed by atoms with Gasteiger partial charge in [0.05, 0.1) is 5.69 Å². The highest BCUT2D eigenvalue weighted by Crippen LogP contribution is 2.01. The number of nitrogens with two attached hydrogens (primary N) is 1. The van der Waals surface area contributed by atoms with E-state index in [4.69, 9.17) is 5.73 Å². The monoisotopic (exact) mass is 321 g/mol. The molecule has 5 nitrogen and oxygen atoms in total. The van der Waals surface area contributed by atoms with Crippen molar-refractivity contribution in [1.82, 2.24) is 0 Å². The Bertz CT molecular complexity index is 316. The van der Waals surface area contributed by atoms with E-state index in [1.54, 1.807) is 29.1 Å². The van der Waals surface area contributed by atoms with E-state index in [0.717, 1.165) is 0 Å². The zero-order valence-corrected chi connectivity index (χ0v) is 10.4. The third-order valence-corrected chi connectivity index (χ3v) is 1.55. The normalized spacial score (nSPS) is 8.87. The fourth-order valence-electron chi connectivity index (χ4n) is 1.03. The van der Waals surface area contributed by atoms with Crippen molar-refractivity contribution in [2.75, 3.05) is 5.32 Å². The molecule has 0 saturated heterocycles. The molecule has 3 N–H and O–H groups in total. The number of anilines is 1. The van der Waals surface area contributed by atoms with Gasteiger partial charge in [-0.05, 0) is 0 Å². The molecule has 0 atom stereocenters. The number of nitrogens with zero attached hydrogens (tertiary/aromatic N) is 1. The van der Waals surface area contributed by atoms with E-state index in [9.17, 15) is 9.59 Å². The third-order valence-electron chi connectivity index (χ3n) is 1.55. The predicted octanol–water partition coefficient (Wildman–Crippen LogP) is -3.58. The topological polar surface area (TPSA) is 76.1 Å². The number of carbonyl (C=O) groups is 2. The lowest BCUT2D eigenvalue weighted by Gasteiger charge is -1.99. The van der Waals surface area contributed by atoms with Gasteiger partial charge in [0.2, 0.25) is 12.5 Å². The maximum atomic E-state index is 10.7. The summed E-state index contributed by atoms with van der Waals surface area (Å²) in [5, 5.41) is 2.62. The van der Waals surface area contributed by atoms with Gasteiger partial charge in [-0.15, -0.1) is 0 Å². The molecule has 2 amide bonds. The summed E-state index contributed by atoms with van der Waals surface area (Å²) in [4.78, 5) is 21.2. The number of nitrogens with one attached hydrogen (secondary N) is 1. The second-order valence-corrected chi connectivity index (χ2v) is 2.91. The number of carbonyl (C=O) groups excluding carboxylic acids is 2. The molecule has 1 aromatic rings. The molecule has 1 heterocycles. The Morgan fingerprint density at radius 1 is 1.40 bits per heavy atom. The highest BCUT2D eigenvalue weighted by atomic mass is 127. The highest BCUT2D eigenvalue weighted by Gasteiger charge is 2.04. The molecule has 1 aromatic heterocycles. The molecule has 1 rings (SSSR count). The fraction of sp³-hybridized carbons (Fsp3) is 0.222. The molecule has 0 aliphatic heterocycles. The molecule has 0 aliphatic rings. The van der Waals surface area contributed by atoms with E-state index < -0.39 is 5.91 Å². The number of amides is 2. The number of primary amides is 1. The molecule has 6 heteroatoms. The van der Waals surface area contributed by atoms with Crippen LogP contribution in [0.25, 0.3) is 0 Å². The van der Waals surface area contributed by atoms with Gasteiger partial charge >= 0.3 is 0 Å². The van der Waals surface area contributed by atoms with Gasteiger partial charge in [-0.2, -0.15) is 4.57 Å². The molecular formula is C9H12IN3O2. The molecule has 82 valence electrons. The van der Waals surface area contributed by atoms with Crippen LogP contribution in [0.2, 0.25) is 0 Å². The van der Waals surface area contributed by atoms with E-state index >= 15 is 0 Å². The predicted molar refractivity (Wildman–Crippen MR) is 50.1 cm³/mol. The minimum atomic E-state index is -0.401. The van der Waals surface area contributed by atoms with Crippen molar-refractivity contribution in [3.05, 3.63) is 24.5 Å². The minimum absolute atomic E-state index is 0. The second kappa shape index (κ2) is 6.33. The molecule has 0 aromatic carbocycles. The number of hydrogen-bond donors (Lipinski definition) is 2. The van der Waals surface area contributed by atoms with Crippen LogP contribution in [0.1, 0.15) is 6.92 Å². The first-order valence-electron chi connectivity index (χ1n) is 4.13. The van der Waals surface area contributed by atoms with Crippen LogP contribution >= 0.6 is 0 Å². The molecular weight excluding hydrogens is 309 g/mol. The van der Waals surface area contributed by atoms with Crippen LogP contribution < -0.4 is 39.6 Å². The standard InChI is InChI=1S/C9H11N3O2.HI/c1-7(13)11-8-2-4-12(5-3-8)6-9(10)14;/h2-5H,6H2,1H3,(H2,10,14);1H. The maximum absolute atomic E-state index is 10.7. The van der Waals surface area contributed by atoms with Crippen LogP contribution in [0.15, 0.2) is 24.5 Å². The summed E-state index contributed by atoms with van der Waals surface area (Å²) in [6.07, 6.45) is 3.35. The summed E-state index contributed by atoms with van der Waals surface area (Å²) in [5.74, 6) is -0.528. The Kier molecular flexibility index (Phi) is 5.83. The Balaban J connectivity index is 0.00000196. The fourth-order valence-corrected chi connectivity index (χ4v) is 1.03. The van der Waals surface area contributed by atoms with Crippen molar-refractivity contribution in [3.8, 4) is 0 Å². The van der Waals surface area contributed by atoms with E-state index in [1.807, 2.05) is 0 Å². The first kappa shape index (κ1) is 13.8. The third kappa shape index (κ3) is 5.31. The van der Waals surface area contributed by atoms with E-state index in [-0.39, 0.29) is 36.4 Å². The van der Waals surface area contributed by atoms with Gasteiger partial charge in [0.15, 0.2) is 12.4 Å². The number of rotatable bonds is 3. The van der Waals surface area contributed by atoms with Crippen LogP contribution in [-0.2, 0) is 16.1 Å². The number of halogens is 1. The summed E-state index contributed by atoms with van der Waals surface area (Å²) >= 11 is 0. The van der Waals surface area contributed by atoms with Gasteiger partial charge in [0, 0.05) is 19.1 Å². The largest absolute Gasteiger partial charge is 1.00 e. The van der Waals surface area contributed by atoms with Gasteiger partial charge in [0.25, 0.3) is 5.91 Å². The van der Waals surface area contributed by atoms with E-state index in [2.05, 4.69) is 5.32 Å². The van der Waals surface area contributed by atoms with E-state index in [1.165, 1.54) is 6.92 Å². The number of hydrogen-bond acceptors (Lipinski definition) is 2. The highest BCUT2D eigenvalue weighted by molar-refractivity contribution is 5.88. The molecule has 0 unspecified atom stereocenters. The zero-order chi connectivity index (χ0) is 10.6. The SMILES string of the molecule is CC(=O)Nc1cc[n+](CC(N)=O)cc1.[I-]. The van der Waals surface area contributed by atoms with Crippen molar-refractivity contribution in [1.29, 1.82) is 0 Å². The van der Waals surface area contributed by atoms with Gasteiger partial charge in [-0.1, -0.05) is 0 Å². The summed E-state index contributed by atoms with van der Waals surface area (Å²) in [5.41, 5.74) is 5.71. The van der Waals surface area contributed by atoms with Crippen LogP contribution in [0.5, 0.6) is 0 Å². The quantitative estimate of drug-likeness (QED) is 0.446. The lowest BCUT2D eigenvalue weighted by molar-refractivity contribution is -0.684. The van der Waals surface area contributed by atoms with Crippen molar-refractivity contribution >= 4 is 17.5 Å². The first-order chi connectivity index (χ1) is 6.58. The number of aromatic nitrogens is 1. The van der Waals surface area contributed by atoms with Crippen LogP contribution in [-0.4, -0.2) is 11.8 Å². The Labute approximate surface area is 105 Å². The lowest BCUT2D eigenvalue weighted by atomic mass is 10.4. The molecule has 0 fully saturated rings.